The number of amides is 1. The minimum absolute atomic E-state index is 0.170. The standard InChI is InChI=1S/C20H23NO3/c1-14(20(22)21-16-9-6-10-17(13-16)23-2)24-19-12-5-8-15-7-3-4-11-18(15)19/h5-6,8-10,12-14H,3-4,7,11H2,1-2H3,(H,21,22)/t14-/m0/s1. The predicted molar refractivity (Wildman–Crippen MR) is 94.8 cm³/mol. The van der Waals surface area contributed by atoms with E-state index < -0.39 is 6.10 Å². The number of hydrogen-bond acceptors (Lipinski definition) is 3. The molecule has 1 aliphatic carbocycles. The molecule has 3 rings (SSSR count). The van der Waals surface area contributed by atoms with Crippen LogP contribution in [-0.2, 0) is 17.6 Å². The van der Waals surface area contributed by atoms with E-state index in [9.17, 15) is 4.79 Å². The minimum atomic E-state index is -0.565. The number of carbonyl (C=O) groups excluding carboxylic acids is 1. The number of anilines is 1. The number of rotatable bonds is 5. The molecule has 0 saturated heterocycles. The summed E-state index contributed by atoms with van der Waals surface area (Å²) in [5.41, 5.74) is 3.30. The Kier molecular flexibility index (Phi) is 5.04. The Morgan fingerprint density at radius 3 is 2.75 bits per heavy atom. The molecule has 1 amide bonds. The van der Waals surface area contributed by atoms with Gasteiger partial charge in [-0.25, -0.2) is 0 Å². The molecule has 24 heavy (non-hydrogen) atoms. The second-order valence-electron chi connectivity index (χ2n) is 6.08. The second-order valence-corrected chi connectivity index (χ2v) is 6.08. The Bertz CT molecular complexity index is 727. The summed E-state index contributed by atoms with van der Waals surface area (Å²) < 4.78 is 11.1. The molecule has 1 aliphatic rings. The Labute approximate surface area is 142 Å². The van der Waals surface area contributed by atoms with E-state index in [1.807, 2.05) is 30.3 Å². The number of benzene rings is 2. The van der Waals surface area contributed by atoms with Crippen LogP contribution in [0.15, 0.2) is 42.5 Å². The number of carbonyl (C=O) groups is 1. The van der Waals surface area contributed by atoms with Crippen molar-refractivity contribution in [2.45, 2.75) is 38.7 Å². The number of fused-ring (bicyclic) bond motifs is 1. The van der Waals surface area contributed by atoms with Crippen LogP contribution in [0.25, 0.3) is 0 Å². The summed E-state index contributed by atoms with van der Waals surface area (Å²) in [5, 5.41) is 2.87. The first-order valence-electron chi connectivity index (χ1n) is 8.39. The summed E-state index contributed by atoms with van der Waals surface area (Å²) in [4.78, 5) is 12.4. The summed E-state index contributed by atoms with van der Waals surface area (Å²) in [6, 6.07) is 13.4. The zero-order valence-corrected chi connectivity index (χ0v) is 14.2. The van der Waals surface area contributed by atoms with Crippen LogP contribution in [0.4, 0.5) is 5.69 Å². The van der Waals surface area contributed by atoms with Gasteiger partial charge in [0.15, 0.2) is 6.10 Å². The van der Waals surface area contributed by atoms with Crippen molar-refractivity contribution in [3.63, 3.8) is 0 Å². The van der Waals surface area contributed by atoms with Crippen LogP contribution in [0, 0.1) is 0 Å². The third-order valence-electron chi connectivity index (χ3n) is 4.36. The molecule has 4 heteroatoms. The van der Waals surface area contributed by atoms with Crippen LogP contribution in [0.1, 0.15) is 30.9 Å². The highest BCUT2D eigenvalue weighted by molar-refractivity contribution is 5.94. The maximum Gasteiger partial charge on any atom is 0.265 e. The van der Waals surface area contributed by atoms with E-state index in [2.05, 4.69) is 11.4 Å². The Balaban J connectivity index is 1.68. The van der Waals surface area contributed by atoms with E-state index in [-0.39, 0.29) is 5.91 Å². The summed E-state index contributed by atoms with van der Waals surface area (Å²) in [5.74, 6) is 1.37. The number of ether oxygens (including phenoxy) is 2. The van der Waals surface area contributed by atoms with Crippen molar-refractivity contribution >= 4 is 11.6 Å². The predicted octanol–water partition coefficient (Wildman–Crippen LogP) is 3.98. The topological polar surface area (TPSA) is 47.6 Å². The monoisotopic (exact) mass is 325 g/mol. The van der Waals surface area contributed by atoms with Crippen molar-refractivity contribution in [2.24, 2.45) is 0 Å². The molecule has 0 radical (unpaired) electrons. The van der Waals surface area contributed by atoms with Crippen LogP contribution in [0.3, 0.4) is 0 Å². The molecule has 0 aliphatic heterocycles. The van der Waals surface area contributed by atoms with Crippen LogP contribution < -0.4 is 14.8 Å². The lowest BCUT2D eigenvalue weighted by Crippen LogP contribution is -2.30. The Morgan fingerprint density at radius 2 is 1.92 bits per heavy atom. The molecule has 2 aromatic rings. The van der Waals surface area contributed by atoms with E-state index in [4.69, 9.17) is 9.47 Å². The molecule has 0 fully saturated rings. The molecule has 2 aromatic carbocycles. The molecule has 4 nitrogen and oxygen atoms in total. The van der Waals surface area contributed by atoms with Gasteiger partial charge in [-0.05, 0) is 61.9 Å². The van der Waals surface area contributed by atoms with Gasteiger partial charge < -0.3 is 14.8 Å². The molecule has 0 unspecified atom stereocenters. The first-order valence-corrected chi connectivity index (χ1v) is 8.39. The van der Waals surface area contributed by atoms with Gasteiger partial charge in [0.2, 0.25) is 0 Å². The Hall–Kier alpha value is -2.49. The molecule has 1 atom stereocenters. The first-order chi connectivity index (χ1) is 11.7. The number of nitrogens with one attached hydrogen (secondary N) is 1. The highest BCUT2D eigenvalue weighted by Crippen LogP contribution is 2.30. The van der Waals surface area contributed by atoms with E-state index >= 15 is 0 Å². The maximum atomic E-state index is 12.4. The van der Waals surface area contributed by atoms with Crippen LogP contribution >= 0.6 is 0 Å². The normalized spacial score (nSPS) is 14.4. The molecular weight excluding hydrogens is 302 g/mol. The third-order valence-corrected chi connectivity index (χ3v) is 4.36. The molecule has 1 N–H and O–H groups in total. The SMILES string of the molecule is COc1cccc(NC(=O)[C@H](C)Oc2cccc3c2CCCC3)c1. The molecule has 0 bridgehead atoms. The molecule has 0 saturated carbocycles. The Morgan fingerprint density at radius 1 is 1.12 bits per heavy atom. The second kappa shape index (κ2) is 7.39. The molecule has 126 valence electrons. The van der Waals surface area contributed by atoms with Crippen LogP contribution in [-0.4, -0.2) is 19.1 Å². The van der Waals surface area contributed by atoms with Gasteiger partial charge in [0, 0.05) is 11.8 Å². The summed E-state index contributed by atoms with van der Waals surface area (Å²) in [6.07, 6.45) is 3.96. The number of methoxy groups -OCH3 is 1. The van der Waals surface area contributed by atoms with Gasteiger partial charge in [-0.1, -0.05) is 18.2 Å². The van der Waals surface area contributed by atoms with Gasteiger partial charge in [-0.2, -0.15) is 0 Å². The largest absolute Gasteiger partial charge is 0.497 e. The molecular formula is C20H23NO3. The first kappa shape index (κ1) is 16.4. The summed E-state index contributed by atoms with van der Waals surface area (Å²) in [7, 11) is 1.60. The summed E-state index contributed by atoms with van der Waals surface area (Å²) in [6.45, 7) is 1.78. The van der Waals surface area contributed by atoms with Crippen molar-refractivity contribution in [3.05, 3.63) is 53.6 Å². The van der Waals surface area contributed by atoms with Gasteiger partial charge in [-0.15, -0.1) is 0 Å². The van der Waals surface area contributed by atoms with E-state index in [1.54, 1.807) is 20.1 Å². The quantitative estimate of drug-likeness (QED) is 0.904. The van der Waals surface area contributed by atoms with Gasteiger partial charge in [0.25, 0.3) is 5.91 Å². The van der Waals surface area contributed by atoms with E-state index in [0.29, 0.717) is 11.4 Å². The van der Waals surface area contributed by atoms with E-state index in [1.165, 1.54) is 24.0 Å². The zero-order valence-electron chi connectivity index (χ0n) is 14.2. The number of aryl methyl sites for hydroxylation is 1. The average Bonchev–Trinajstić information content (AvgIpc) is 2.62. The smallest absolute Gasteiger partial charge is 0.265 e. The van der Waals surface area contributed by atoms with Gasteiger partial charge in [0.1, 0.15) is 11.5 Å². The third kappa shape index (κ3) is 3.70. The van der Waals surface area contributed by atoms with Crippen molar-refractivity contribution in [1.82, 2.24) is 0 Å². The fraction of sp³-hybridized carbons (Fsp3) is 0.350. The van der Waals surface area contributed by atoms with Gasteiger partial charge >= 0.3 is 0 Å². The highest BCUT2D eigenvalue weighted by atomic mass is 16.5. The van der Waals surface area contributed by atoms with Crippen molar-refractivity contribution in [3.8, 4) is 11.5 Å². The molecule has 0 spiro atoms. The average molecular weight is 325 g/mol. The number of hydrogen-bond donors (Lipinski definition) is 1. The van der Waals surface area contributed by atoms with Crippen LogP contribution in [0.5, 0.6) is 11.5 Å². The van der Waals surface area contributed by atoms with Crippen molar-refractivity contribution in [2.75, 3.05) is 12.4 Å². The summed E-state index contributed by atoms with van der Waals surface area (Å²) >= 11 is 0. The lowest BCUT2D eigenvalue weighted by molar-refractivity contribution is -0.122. The fourth-order valence-corrected chi connectivity index (χ4v) is 3.05. The van der Waals surface area contributed by atoms with Gasteiger partial charge in [0.05, 0.1) is 7.11 Å². The fourth-order valence-electron chi connectivity index (χ4n) is 3.05. The lowest BCUT2D eigenvalue weighted by atomic mass is 9.91. The van der Waals surface area contributed by atoms with Gasteiger partial charge in [-0.3, -0.25) is 4.79 Å². The van der Waals surface area contributed by atoms with Crippen molar-refractivity contribution < 1.29 is 14.3 Å². The molecule has 0 heterocycles. The van der Waals surface area contributed by atoms with Crippen molar-refractivity contribution in [1.29, 1.82) is 0 Å². The zero-order chi connectivity index (χ0) is 16.9. The molecule has 0 aromatic heterocycles. The lowest BCUT2D eigenvalue weighted by Gasteiger charge is -2.22. The van der Waals surface area contributed by atoms with E-state index in [0.717, 1.165) is 18.6 Å². The maximum absolute atomic E-state index is 12.4. The highest BCUT2D eigenvalue weighted by Gasteiger charge is 2.19. The van der Waals surface area contributed by atoms with Crippen LogP contribution in [0.2, 0.25) is 0 Å². The minimum Gasteiger partial charge on any atom is -0.497 e.